The molecule has 2 aromatic rings. The fourth-order valence-corrected chi connectivity index (χ4v) is 4.58. The van der Waals surface area contributed by atoms with Gasteiger partial charge in [0, 0.05) is 30.1 Å². The summed E-state index contributed by atoms with van der Waals surface area (Å²) in [5.74, 6) is 0.479. The predicted molar refractivity (Wildman–Crippen MR) is 92.2 cm³/mol. The molecule has 6 nitrogen and oxygen atoms in total. The summed E-state index contributed by atoms with van der Waals surface area (Å²) in [5, 5.41) is 14.3. The monoisotopic (exact) mass is 343 g/mol. The number of nitro groups is 1. The number of nitrogens with zero attached hydrogens (tertiary/aromatic N) is 2. The van der Waals surface area contributed by atoms with Crippen molar-refractivity contribution in [1.82, 2.24) is 10.2 Å². The first kappa shape index (κ1) is 15.3. The van der Waals surface area contributed by atoms with E-state index in [1.165, 1.54) is 17.4 Å². The van der Waals surface area contributed by atoms with Crippen LogP contribution in [0.3, 0.4) is 0 Å². The highest BCUT2D eigenvalue weighted by atomic mass is 32.1. The van der Waals surface area contributed by atoms with E-state index in [1.807, 2.05) is 0 Å². The van der Waals surface area contributed by atoms with Gasteiger partial charge in [-0.3, -0.25) is 14.9 Å². The average Bonchev–Trinajstić information content (AvgIpc) is 3.31. The molecule has 1 aromatic carbocycles. The van der Waals surface area contributed by atoms with E-state index in [1.54, 1.807) is 30.3 Å². The molecular weight excluding hydrogens is 326 g/mol. The molecule has 1 N–H and O–H groups in total. The zero-order valence-corrected chi connectivity index (χ0v) is 13.8. The maximum absolute atomic E-state index is 12.5. The third kappa shape index (κ3) is 2.70. The molecule has 2 fully saturated rings. The molecule has 3 unspecified atom stereocenters. The van der Waals surface area contributed by atoms with E-state index in [2.05, 4.69) is 10.2 Å². The van der Waals surface area contributed by atoms with Crippen LogP contribution in [-0.2, 0) is 0 Å². The average molecular weight is 343 g/mol. The highest BCUT2D eigenvalue weighted by Gasteiger charge is 2.38. The number of nitro benzene ring substituents is 1. The molecule has 2 aliphatic rings. The fraction of sp³-hybridized carbons (Fsp3) is 0.353. The number of hydrogen-bond acceptors (Lipinski definition) is 5. The summed E-state index contributed by atoms with van der Waals surface area (Å²) in [6.45, 7) is 3.15. The SMILES string of the molecule is O=C(NC1CN2CCC1C2)c1ccc(-c2ccccc2[N+](=O)[O-])s1. The van der Waals surface area contributed by atoms with Crippen LogP contribution in [0.1, 0.15) is 16.1 Å². The molecule has 0 aliphatic carbocycles. The molecule has 7 heteroatoms. The lowest BCUT2D eigenvalue weighted by Gasteiger charge is -2.22. The predicted octanol–water partition coefficient (Wildman–Crippen LogP) is 2.76. The Balaban J connectivity index is 1.53. The van der Waals surface area contributed by atoms with Gasteiger partial charge in [-0.05, 0) is 37.1 Å². The van der Waals surface area contributed by atoms with Gasteiger partial charge in [-0.1, -0.05) is 12.1 Å². The molecule has 1 aromatic heterocycles. The van der Waals surface area contributed by atoms with E-state index in [0.29, 0.717) is 16.4 Å². The fourth-order valence-electron chi connectivity index (χ4n) is 3.63. The van der Waals surface area contributed by atoms with Gasteiger partial charge in [0.05, 0.1) is 15.4 Å². The lowest BCUT2D eigenvalue weighted by atomic mass is 10.00. The first-order chi connectivity index (χ1) is 11.6. The lowest BCUT2D eigenvalue weighted by molar-refractivity contribution is -0.384. The molecular formula is C17H17N3O3S. The molecule has 0 spiro atoms. The van der Waals surface area contributed by atoms with Crippen LogP contribution < -0.4 is 5.32 Å². The smallest absolute Gasteiger partial charge is 0.278 e. The van der Waals surface area contributed by atoms with Gasteiger partial charge in [0.1, 0.15) is 0 Å². The number of para-hydroxylation sites is 1. The summed E-state index contributed by atoms with van der Waals surface area (Å²) >= 11 is 1.30. The molecule has 2 aliphatic heterocycles. The standard InChI is InChI=1S/C17H17N3O3S/c21-17(18-13-10-19-8-7-11(13)9-19)16-6-5-15(24-16)12-3-1-2-4-14(12)20(22)23/h1-6,11,13H,7-10H2,(H,18,21). The highest BCUT2D eigenvalue weighted by Crippen LogP contribution is 2.35. The van der Waals surface area contributed by atoms with Gasteiger partial charge < -0.3 is 10.2 Å². The number of fused-ring (bicyclic) bond motifs is 2. The van der Waals surface area contributed by atoms with Crippen molar-refractivity contribution in [1.29, 1.82) is 0 Å². The minimum atomic E-state index is -0.390. The highest BCUT2D eigenvalue weighted by molar-refractivity contribution is 7.17. The number of rotatable bonds is 4. The Bertz CT molecular complexity index is 804. The van der Waals surface area contributed by atoms with Crippen molar-refractivity contribution in [3.05, 3.63) is 51.4 Å². The van der Waals surface area contributed by atoms with Crippen LogP contribution in [0.2, 0.25) is 0 Å². The largest absolute Gasteiger partial charge is 0.347 e. The number of hydrogen-bond donors (Lipinski definition) is 1. The first-order valence-electron chi connectivity index (χ1n) is 7.98. The summed E-state index contributed by atoms with van der Waals surface area (Å²) in [5.41, 5.74) is 0.616. The van der Waals surface area contributed by atoms with Crippen LogP contribution in [0.15, 0.2) is 36.4 Å². The molecule has 2 bridgehead atoms. The van der Waals surface area contributed by atoms with Crippen LogP contribution in [0, 0.1) is 16.0 Å². The van der Waals surface area contributed by atoms with E-state index >= 15 is 0 Å². The number of benzene rings is 1. The summed E-state index contributed by atoms with van der Waals surface area (Å²) in [6.07, 6.45) is 1.15. The van der Waals surface area contributed by atoms with Crippen LogP contribution in [0.5, 0.6) is 0 Å². The van der Waals surface area contributed by atoms with Crippen LogP contribution in [0.25, 0.3) is 10.4 Å². The first-order valence-corrected chi connectivity index (χ1v) is 8.80. The molecule has 2 saturated heterocycles. The van der Waals surface area contributed by atoms with Gasteiger partial charge in [-0.15, -0.1) is 11.3 Å². The molecule has 3 heterocycles. The van der Waals surface area contributed by atoms with Crippen molar-refractivity contribution in [2.24, 2.45) is 5.92 Å². The Labute approximate surface area is 143 Å². The van der Waals surface area contributed by atoms with Crippen molar-refractivity contribution in [2.45, 2.75) is 12.5 Å². The molecule has 124 valence electrons. The maximum atomic E-state index is 12.5. The summed E-state index contributed by atoms with van der Waals surface area (Å²) in [7, 11) is 0. The van der Waals surface area contributed by atoms with Gasteiger partial charge in [0.2, 0.25) is 0 Å². The number of carbonyl (C=O) groups is 1. The molecule has 24 heavy (non-hydrogen) atoms. The second-order valence-corrected chi connectivity index (χ2v) is 7.41. The summed E-state index contributed by atoms with van der Waals surface area (Å²) in [6, 6.07) is 10.4. The Morgan fingerprint density at radius 1 is 1.25 bits per heavy atom. The minimum absolute atomic E-state index is 0.0622. The van der Waals surface area contributed by atoms with E-state index in [-0.39, 0.29) is 17.6 Å². The van der Waals surface area contributed by atoms with Crippen LogP contribution in [-0.4, -0.2) is 41.4 Å². The minimum Gasteiger partial charge on any atom is -0.347 e. The second-order valence-electron chi connectivity index (χ2n) is 6.33. The van der Waals surface area contributed by atoms with Crippen molar-refractivity contribution in [3.63, 3.8) is 0 Å². The number of carbonyl (C=O) groups excluding carboxylic acids is 1. The topological polar surface area (TPSA) is 75.5 Å². The van der Waals surface area contributed by atoms with Gasteiger partial charge in [-0.2, -0.15) is 0 Å². The zero-order chi connectivity index (χ0) is 16.7. The maximum Gasteiger partial charge on any atom is 0.278 e. The molecule has 1 amide bonds. The number of nitrogens with one attached hydrogen (secondary N) is 1. The Morgan fingerprint density at radius 2 is 2.08 bits per heavy atom. The van der Waals surface area contributed by atoms with Crippen molar-refractivity contribution in [2.75, 3.05) is 19.6 Å². The Kier molecular flexibility index (Phi) is 3.82. The molecule has 4 rings (SSSR count). The molecule has 0 radical (unpaired) electrons. The van der Waals surface area contributed by atoms with Gasteiger partial charge in [0.15, 0.2) is 0 Å². The molecule has 0 saturated carbocycles. The van der Waals surface area contributed by atoms with Crippen LogP contribution in [0.4, 0.5) is 5.69 Å². The Morgan fingerprint density at radius 3 is 2.79 bits per heavy atom. The normalized spacial score (nSPS) is 24.9. The van der Waals surface area contributed by atoms with Crippen molar-refractivity contribution in [3.8, 4) is 10.4 Å². The van der Waals surface area contributed by atoms with Gasteiger partial charge in [-0.25, -0.2) is 0 Å². The van der Waals surface area contributed by atoms with E-state index in [9.17, 15) is 14.9 Å². The van der Waals surface area contributed by atoms with E-state index in [4.69, 9.17) is 0 Å². The molecule has 3 atom stereocenters. The van der Waals surface area contributed by atoms with Crippen molar-refractivity contribution < 1.29 is 9.72 Å². The van der Waals surface area contributed by atoms with E-state index < -0.39 is 4.92 Å². The number of thiophene rings is 1. The number of amides is 1. The lowest BCUT2D eigenvalue weighted by Crippen LogP contribution is -2.42. The number of piperidine rings is 1. The third-order valence-electron chi connectivity index (χ3n) is 4.85. The quantitative estimate of drug-likeness (QED) is 0.684. The van der Waals surface area contributed by atoms with Gasteiger partial charge in [0.25, 0.3) is 11.6 Å². The third-order valence-corrected chi connectivity index (χ3v) is 5.96. The van der Waals surface area contributed by atoms with Gasteiger partial charge >= 0.3 is 0 Å². The summed E-state index contributed by atoms with van der Waals surface area (Å²) < 4.78 is 0. The Hall–Kier alpha value is -2.25. The zero-order valence-electron chi connectivity index (χ0n) is 13.0. The van der Waals surface area contributed by atoms with Crippen molar-refractivity contribution >= 4 is 22.9 Å². The second kappa shape index (κ2) is 5.99. The van der Waals surface area contributed by atoms with Crippen LogP contribution >= 0.6 is 11.3 Å². The summed E-state index contributed by atoms with van der Waals surface area (Å²) in [4.78, 5) is 27.0. The van der Waals surface area contributed by atoms with E-state index in [0.717, 1.165) is 30.9 Å².